The lowest BCUT2D eigenvalue weighted by molar-refractivity contribution is -0.135. The number of allylic oxidation sites excluding steroid dienone is 3. The fourth-order valence-corrected chi connectivity index (χ4v) is 1.62. The highest BCUT2D eigenvalue weighted by atomic mass is 16.2. The van der Waals surface area contributed by atoms with Crippen LogP contribution in [-0.4, -0.2) is 25.1 Å². The van der Waals surface area contributed by atoms with E-state index in [0.29, 0.717) is 12.8 Å². The standard InChI is InChI=1S/C12H16N2O2/c1-3-4-5-9(8-13-2)10-6-7-11(15)14-12(10)16/h3-5,8,10H,6-7H2,1-2H3,(H,14,15,16)/b4-3-,9-5+,13-8-. The summed E-state index contributed by atoms with van der Waals surface area (Å²) >= 11 is 0. The Balaban J connectivity index is 2.86. The van der Waals surface area contributed by atoms with Crippen LogP contribution in [0.5, 0.6) is 0 Å². The average Bonchev–Trinajstić information content (AvgIpc) is 2.25. The molecule has 1 unspecified atom stereocenters. The summed E-state index contributed by atoms with van der Waals surface area (Å²) in [6.45, 7) is 1.90. The number of nitrogens with one attached hydrogen (secondary N) is 1. The minimum atomic E-state index is -0.266. The van der Waals surface area contributed by atoms with Crippen LogP contribution < -0.4 is 5.32 Å². The van der Waals surface area contributed by atoms with Crippen LogP contribution in [0.2, 0.25) is 0 Å². The fourth-order valence-electron chi connectivity index (χ4n) is 1.62. The van der Waals surface area contributed by atoms with E-state index in [0.717, 1.165) is 5.57 Å². The maximum atomic E-state index is 11.6. The molecule has 4 nitrogen and oxygen atoms in total. The second kappa shape index (κ2) is 6.00. The van der Waals surface area contributed by atoms with E-state index in [1.54, 1.807) is 13.3 Å². The van der Waals surface area contributed by atoms with Crippen LogP contribution in [0, 0.1) is 5.92 Å². The minimum Gasteiger partial charge on any atom is -0.296 e. The Morgan fingerprint density at radius 1 is 1.50 bits per heavy atom. The average molecular weight is 220 g/mol. The van der Waals surface area contributed by atoms with Crippen LogP contribution in [0.3, 0.4) is 0 Å². The first-order valence-corrected chi connectivity index (χ1v) is 5.27. The molecule has 86 valence electrons. The van der Waals surface area contributed by atoms with E-state index < -0.39 is 0 Å². The van der Waals surface area contributed by atoms with Crippen molar-refractivity contribution in [3.05, 3.63) is 23.8 Å². The molecule has 0 aromatic carbocycles. The number of aliphatic imine (C=N–C) groups is 1. The quantitative estimate of drug-likeness (QED) is 0.442. The van der Waals surface area contributed by atoms with E-state index in [1.165, 1.54) is 0 Å². The van der Waals surface area contributed by atoms with Crippen molar-refractivity contribution in [3.63, 3.8) is 0 Å². The molecule has 0 bridgehead atoms. The Kier molecular flexibility index (Phi) is 4.64. The van der Waals surface area contributed by atoms with Gasteiger partial charge >= 0.3 is 0 Å². The van der Waals surface area contributed by atoms with E-state index in [-0.39, 0.29) is 17.7 Å². The van der Waals surface area contributed by atoms with Gasteiger partial charge in [0.15, 0.2) is 0 Å². The monoisotopic (exact) mass is 220 g/mol. The normalized spacial score (nSPS) is 23.1. The second-order valence-electron chi connectivity index (χ2n) is 3.58. The van der Waals surface area contributed by atoms with Crippen molar-refractivity contribution < 1.29 is 9.59 Å². The molecular weight excluding hydrogens is 204 g/mol. The molecule has 0 aromatic rings. The van der Waals surface area contributed by atoms with Gasteiger partial charge in [0.2, 0.25) is 11.8 Å². The van der Waals surface area contributed by atoms with E-state index in [9.17, 15) is 9.59 Å². The predicted octanol–water partition coefficient (Wildman–Crippen LogP) is 1.24. The van der Waals surface area contributed by atoms with Gasteiger partial charge in [-0.15, -0.1) is 0 Å². The number of imide groups is 1. The second-order valence-corrected chi connectivity index (χ2v) is 3.58. The predicted molar refractivity (Wildman–Crippen MR) is 63.2 cm³/mol. The molecule has 0 aromatic heterocycles. The summed E-state index contributed by atoms with van der Waals surface area (Å²) in [5.74, 6) is -0.690. The van der Waals surface area contributed by atoms with Gasteiger partial charge < -0.3 is 0 Å². The highest BCUT2D eigenvalue weighted by molar-refractivity contribution is 6.02. The van der Waals surface area contributed by atoms with Gasteiger partial charge in [0.25, 0.3) is 0 Å². The van der Waals surface area contributed by atoms with E-state index in [4.69, 9.17) is 0 Å². The number of hydrogen-bond acceptors (Lipinski definition) is 3. The highest BCUT2D eigenvalue weighted by Crippen LogP contribution is 2.20. The molecule has 0 saturated carbocycles. The van der Waals surface area contributed by atoms with Crippen molar-refractivity contribution in [2.45, 2.75) is 19.8 Å². The molecule has 0 radical (unpaired) electrons. The number of amides is 2. The Hall–Kier alpha value is -1.71. The Morgan fingerprint density at radius 2 is 2.25 bits per heavy atom. The van der Waals surface area contributed by atoms with Gasteiger partial charge in [-0.25, -0.2) is 0 Å². The third-order valence-electron chi connectivity index (χ3n) is 2.40. The number of hydrogen-bond donors (Lipinski definition) is 1. The lowest BCUT2D eigenvalue weighted by Crippen LogP contribution is -2.41. The van der Waals surface area contributed by atoms with Crippen LogP contribution >= 0.6 is 0 Å². The number of nitrogens with zero attached hydrogens (tertiary/aromatic N) is 1. The molecule has 0 spiro atoms. The molecule has 1 fully saturated rings. The number of piperidine rings is 1. The molecule has 1 aliphatic heterocycles. The van der Waals surface area contributed by atoms with Crippen molar-refractivity contribution in [2.24, 2.45) is 10.9 Å². The summed E-state index contributed by atoms with van der Waals surface area (Å²) in [6, 6.07) is 0. The van der Waals surface area contributed by atoms with E-state index >= 15 is 0 Å². The zero-order valence-electron chi connectivity index (χ0n) is 9.56. The molecule has 1 heterocycles. The highest BCUT2D eigenvalue weighted by Gasteiger charge is 2.28. The van der Waals surface area contributed by atoms with Crippen molar-refractivity contribution >= 4 is 18.0 Å². The van der Waals surface area contributed by atoms with Gasteiger partial charge in [-0.3, -0.25) is 19.9 Å². The van der Waals surface area contributed by atoms with Crippen LogP contribution in [0.25, 0.3) is 0 Å². The van der Waals surface area contributed by atoms with Crippen LogP contribution in [0.1, 0.15) is 19.8 Å². The molecule has 16 heavy (non-hydrogen) atoms. The molecule has 1 N–H and O–H groups in total. The fraction of sp³-hybridized carbons (Fsp3) is 0.417. The van der Waals surface area contributed by atoms with E-state index in [1.807, 2.05) is 25.2 Å². The first-order chi connectivity index (χ1) is 7.69. The topological polar surface area (TPSA) is 58.5 Å². The Bertz CT molecular complexity index is 367. The lowest BCUT2D eigenvalue weighted by Gasteiger charge is -2.21. The minimum absolute atomic E-state index is 0.194. The summed E-state index contributed by atoms with van der Waals surface area (Å²) in [6.07, 6.45) is 8.21. The first kappa shape index (κ1) is 12.4. The van der Waals surface area contributed by atoms with Gasteiger partial charge in [0, 0.05) is 19.7 Å². The zero-order valence-corrected chi connectivity index (χ0v) is 9.56. The molecule has 1 aliphatic rings. The summed E-state index contributed by atoms with van der Waals surface area (Å²) < 4.78 is 0. The Labute approximate surface area is 95.1 Å². The number of carbonyl (C=O) groups is 2. The van der Waals surface area contributed by atoms with Gasteiger partial charge in [-0.1, -0.05) is 18.2 Å². The summed E-state index contributed by atoms with van der Waals surface area (Å²) in [4.78, 5) is 26.6. The van der Waals surface area contributed by atoms with Crippen molar-refractivity contribution in [2.75, 3.05) is 7.05 Å². The Morgan fingerprint density at radius 3 is 2.81 bits per heavy atom. The van der Waals surface area contributed by atoms with Gasteiger partial charge in [-0.05, 0) is 18.9 Å². The van der Waals surface area contributed by atoms with Crippen LogP contribution in [0.15, 0.2) is 28.8 Å². The van der Waals surface area contributed by atoms with Gasteiger partial charge in [0.1, 0.15) is 0 Å². The number of carbonyl (C=O) groups excluding carboxylic acids is 2. The van der Waals surface area contributed by atoms with Crippen LogP contribution in [0.4, 0.5) is 0 Å². The first-order valence-electron chi connectivity index (χ1n) is 5.27. The molecular formula is C12H16N2O2. The molecule has 1 atom stereocenters. The lowest BCUT2D eigenvalue weighted by atomic mass is 9.90. The van der Waals surface area contributed by atoms with Gasteiger partial charge in [0.05, 0.1) is 5.92 Å². The van der Waals surface area contributed by atoms with Crippen LogP contribution in [-0.2, 0) is 9.59 Å². The maximum Gasteiger partial charge on any atom is 0.234 e. The smallest absolute Gasteiger partial charge is 0.234 e. The van der Waals surface area contributed by atoms with E-state index in [2.05, 4.69) is 10.3 Å². The molecule has 1 rings (SSSR count). The summed E-state index contributed by atoms with van der Waals surface area (Å²) in [5, 5.41) is 2.34. The third kappa shape index (κ3) is 3.15. The summed E-state index contributed by atoms with van der Waals surface area (Å²) in [7, 11) is 1.66. The van der Waals surface area contributed by atoms with Crippen molar-refractivity contribution in [1.29, 1.82) is 0 Å². The third-order valence-corrected chi connectivity index (χ3v) is 2.40. The molecule has 1 saturated heterocycles. The molecule has 0 aliphatic carbocycles. The van der Waals surface area contributed by atoms with Crippen molar-refractivity contribution in [1.82, 2.24) is 5.32 Å². The molecule has 4 heteroatoms. The largest absolute Gasteiger partial charge is 0.296 e. The maximum absolute atomic E-state index is 11.6. The zero-order chi connectivity index (χ0) is 12.0. The van der Waals surface area contributed by atoms with Gasteiger partial charge in [-0.2, -0.15) is 0 Å². The van der Waals surface area contributed by atoms with Crippen molar-refractivity contribution in [3.8, 4) is 0 Å². The summed E-state index contributed by atoms with van der Waals surface area (Å²) in [5.41, 5.74) is 0.839. The molecule has 2 amide bonds. The number of rotatable bonds is 3. The SMILES string of the molecule is C\C=C/C=C(\C=N/C)C1CCC(=O)NC1=O.